The van der Waals surface area contributed by atoms with Crippen molar-refractivity contribution in [2.24, 2.45) is 0 Å². The Morgan fingerprint density at radius 2 is 1.97 bits per heavy atom. The molecule has 1 aromatic carbocycles. The molecular weight excluding hydrogens is 366 g/mol. The third-order valence-corrected chi connectivity index (χ3v) is 5.83. The van der Waals surface area contributed by atoms with Gasteiger partial charge in [-0.1, -0.05) is 51.1 Å². The Morgan fingerprint density at radius 3 is 2.57 bits per heavy atom. The molecule has 0 radical (unpaired) electrons. The van der Waals surface area contributed by atoms with E-state index in [4.69, 9.17) is 4.74 Å². The SMILES string of the molecule is C\C=C(/C=C\C(=C\CC)OC1CCC1)c1ccc(-c2cnccc2C(C)C)c(C)c1. The molecule has 1 aliphatic carbocycles. The van der Waals surface area contributed by atoms with Crippen LogP contribution in [0.3, 0.4) is 0 Å². The highest BCUT2D eigenvalue weighted by Gasteiger charge is 2.19. The number of allylic oxidation sites excluding steroid dienone is 5. The monoisotopic (exact) mass is 401 g/mol. The minimum atomic E-state index is 0.401. The minimum Gasteiger partial charge on any atom is -0.491 e. The molecule has 0 aliphatic heterocycles. The smallest absolute Gasteiger partial charge is 0.115 e. The lowest BCUT2D eigenvalue weighted by Crippen LogP contribution is -2.20. The van der Waals surface area contributed by atoms with Crippen LogP contribution in [0.4, 0.5) is 0 Å². The van der Waals surface area contributed by atoms with E-state index < -0.39 is 0 Å². The van der Waals surface area contributed by atoms with Crippen LogP contribution in [0, 0.1) is 6.92 Å². The molecule has 0 spiro atoms. The maximum atomic E-state index is 6.13. The van der Waals surface area contributed by atoms with Gasteiger partial charge in [0.25, 0.3) is 0 Å². The molecule has 0 amide bonds. The Hall–Kier alpha value is -2.61. The maximum Gasteiger partial charge on any atom is 0.115 e. The summed E-state index contributed by atoms with van der Waals surface area (Å²) < 4.78 is 6.13. The number of hydrogen-bond acceptors (Lipinski definition) is 2. The predicted octanol–water partition coefficient (Wildman–Crippen LogP) is 8.00. The zero-order chi connectivity index (χ0) is 21.5. The van der Waals surface area contributed by atoms with Gasteiger partial charge in [-0.25, -0.2) is 0 Å². The van der Waals surface area contributed by atoms with E-state index in [0.717, 1.165) is 12.2 Å². The normalized spacial score (nSPS) is 15.7. The maximum absolute atomic E-state index is 6.13. The van der Waals surface area contributed by atoms with E-state index in [-0.39, 0.29) is 0 Å². The Balaban J connectivity index is 1.84. The summed E-state index contributed by atoms with van der Waals surface area (Å²) in [5.41, 5.74) is 7.54. The molecule has 30 heavy (non-hydrogen) atoms. The van der Waals surface area contributed by atoms with Crippen LogP contribution in [0.15, 0.2) is 66.7 Å². The fourth-order valence-electron chi connectivity index (χ4n) is 3.85. The van der Waals surface area contributed by atoms with Crippen molar-refractivity contribution in [2.45, 2.75) is 72.3 Å². The largest absolute Gasteiger partial charge is 0.491 e. The van der Waals surface area contributed by atoms with Crippen molar-refractivity contribution in [3.8, 4) is 11.1 Å². The molecule has 2 aromatic rings. The van der Waals surface area contributed by atoms with Crippen molar-refractivity contribution in [3.05, 3.63) is 83.4 Å². The number of hydrogen-bond donors (Lipinski definition) is 0. The molecule has 2 heteroatoms. The van der Waals surface area contributed by atoms with Crippen molar-refractivity contribution >= 4 is 5.57 Å². The first-order valence-corrected chi connectivity index (χ1v) is 11.3. The average Bonchev–Trinajstić information content (AvgIpc) is 2.71. The molecule has 1 heterocycles. The molecular formula is C28H35NO. The summed E-state index contributed by atoms with van der Waals surface area (Å²) in [5, 5.41) is 0. The predicted molar refractivity (Wildman–Crippen MR) is 128 cm³/mol. The zero-order valence-corrected chi connectivity index (χ0v) is 19.1. The van der Waals surface area contributed by atoms with Crippen molar-refractivity contribution in [2.75, 3.05) is 0 Å². The van der Waals surface area contributed by atoms with Crippen LogP contribution in [0.1, 0.15) is 76.0 Å². The molecule has 2 nitrogen and oxygen atoms in total. The van der Waals surface area contributed by atoms with Crippen molar-refractivity contribution < 1.29 is 4.74 Å². The summed E-state index contributed by atoms with van der Waals surface area (Å²) in [4.78, 5) is 4.38. The van der Waals surface area contributed by atoms with Gasteiger partial charge < -0.3 is 4.74 Å². The highest BCUT2D eigenvalue weighted by Crippen LogP contribution is 2.32. The lowest BCUT2D eigenvalue weighted by molar-refractivity contribution is 0.0587. The number of benzene rings is 1. The van der Waals surface area contributed by atoms with Crippen LogP contribution in [0.25, 0.3) is 16.7 Å². The minimum absolute atomic E-state index is 0.401. The molecule has 0 bridgehead atoms. The Morgan fingerprint density at radius 1 is 1.17 bits per heavy atom. The summed E-state index contributed by atoms with van der Waals surface area (Å²) in [6.07, 6.45) is 17.6. The van der Waals surface area contributed by atoms with Crippen molar-refractivity contribution in [3.63, 3.8) is 0 Å². The Bertz CT molecular complexity index is 945. The number of aryl methyl sites for hydroxylation is 1. The van der Waals surface area contributed by atoms with E-state index in [0.29, 0.717) is 12.0 Å². The highest BCUT2D eigenvalue weighted by atomic mass is 16.5. The van der Waals surface area contributed by atoms with Gasteiger partial charge in [-0.05, 0) is 91.5 Å². The average molecular weight is 402 g/mol. The van der Waals surface area contributed by atoms with Gasteiger partial charge in [-0.2, -0.15) is 0 Å². The summed E-state index contributed by atoms with van der Waals surface area (Å²) in [6.45, 7) is 10.9. The number of rotatable bonds is 8. The number of aromatic nitrogens is 1. The standard InChI is InChI=1S/C28H35NO/c1-6-9-24(30-25-10-8-11-25)14-12-22(7-2)23-13-15-27(21(5)18-23)28-19-29-17-16-26(28)20(3)4/h7,9,12-20,25H,6,8,10-11H2,1-5H3/b14-12-,22-7+,24-9-. The van der Waals surface area contributed by atoms with Gasteiger partial charge in [-0.3, -0.25) is 4.98 Å². The molecule has 0 saturated heterocycles. The molecule has 0 N–H and O–H groups in total. The van der Waals surface area contributed by atoms with E-state index >= 15 is 0 Å². The van der Waals surface area contributed by atoms with Crippen LogP contribution in [-0.4, -0.2) is 11.1 Å². The second-order valence-corrected chi connectivity index (χ2v) is 8.41. The quantitative estimate of drug-likeness (QED) is 0.330. The van der Waals surface area contributed by atoms with Gasteiger partial charge in [0, 0.05) is 18.0 Å². The number of ether oxygens (including phenoxy) is 1. The van der Waals surface area contributed by atoms with Crippen molar-refractivity contribution in [1.82, 2.24) is 4.98 Å². The van der Waals surface area contributed by atoms with Crippen LogP contribution in [0.5, 0.6) is 0 Å². The fraction of sp³-hybridized carbons (Fsp3) is 0.393. The summed E-state index contributed by atoms with van der Waals surface area (Å²) >= 11 is 0. The molecule has 1 aliphatic rings. The van der Waals surface area contributed by atoms with Crippen LogP contribution >= 0.6 is 0 Å². The van der Waals surface area contributed by atoms with Gasteiger partial charge >= 0.3 is 0 Å². The van der Waals surface area contributed by atoms with Crippen LogP contribution < -0.4 is 0 Å². The molecule has 1 aromatic heterocycles. The lowest BCUT2D eigenvalue weighted by Gasteiger charge is -2.27. The topological polar surface area (TPSA) is 22.1 Å². The first kappa shape index (κ1) is 22.1. The molecule has 3 rings (SSSR count). The number of nitrogens with zero attached hydrogens (tertiary/aromatic N) is 1. The molecule has 158 valence electrons. The molecule has 0 unspecified atom stereocenters. The van der Waals surface area contributed by atoms with E-state index in [9.17, 15) is 0 Å². The van der Waals surface area contributed by atoms with Gasteiger partial charge in [0.05, 0.1) is 6.10 Å². The third-order valence-electron chi connectivity index (χ3n) is 5.83. The van der Waals surface area contributed by atoms with Gasteiger partial charge in [-0.15, -0.1) is 0 Å². The van der Waals surface area contributed by atoms with Crippen LogP contribution in [-0.2, 0) is 4.74 Å². The Kier molecular flexibility index (Phi) is 7.68. The van der Waals surface area contributed by atoms with E-state index in [1.165, 1.54) is 52.7 Å². The first-order valence-electron chi connectivity index (χ1n) is 11.3. The second-order valence-electron chi connectivity index (χ2n) is 8.41. The first-order chi connectivity index (χ1) is 14.5. The third kappa shape index (κ3) is 5.30. The Labute approximate surface area is 182 Å². The zero-order valence-electron chi connectivity index (χ0n) is 19.1. The van der Waals surface area contributed by atoms with Crippen LogP contribution in [0.2, 0.25) is 0 Å². The van der Waals surface area contributed by atoms with Gasteiger partial charge in [0.1, 0.15) is 5.76 Å². The number of pyridine rings is 1. The van der Waals surface area contributed by atoms with Crippen molar-refractivity contribution in [1.29, 1.82) is 0 Å². The van der Waals surface area contributed by atoms with E-state index in [2.05, 4.69) is 88.2 Å². The fourth-order valence-corrected chi connectivity index (χ4v) is 3.85. The van der Waals surface area contributed by atoms with E-state index in [1.807, 2.05) is 12.4 Å². The van der Waals surface area contributed by atoms with E-state index in [1.54, 1.807) is 0 Å². The molecule has 1 fully saturated rings. The second kappa shape index (κ2) is 10.4. The summed E-state index contributed by atoms with van der Waals surface area (Å²) in [5.74, 6) is 1.46. The van der Waals surface area contributed by atoms with Gasteiger partial charge in [0.2, 0.25) is 0 Å². The highest BCUT2D eigenvalue weighted by molar-refractivity contribution is 5.78. The summed E-state index contributed by atoms with van der Waals surface area (Å²) in [7, 11) is 0. The summed E-state index contributed by atoms with van der Waals surface area (Å²) in [6, 6.07) is 8.87. The van der Waals surface area contributed by atoms with Gasteiger partial charge in [0.15, 0.2) is 0 Å². The lowest BCUT2D eigenvalue weighted by atomic mass is 9.90. The molecule has 0 atom stereocenters. The molecule has 1 saturated carbocycles.